The minimum Gasteiger partial charge on any atom is -0.335 e. The fraction of sp³-hybridized carbons (Fsp3) is 0.148. The van der Waals surface area contributed by atoms with Gasteiger partial charge in [0.05, 0.1) is 21.5 Å². The van der Waals surface area contributed by atoms with Crippen LogP contribution in [0.5, 0.6) is 0 Å². The first-order chi connectivity index (χ1) is 16.2. The molecule has 0 N–H and O–H groups in total. The summed E-state index contributed by atoms with van der Waals surface area (Å²) in [6, 6.07) is 22.0. The van der Waals surface area contributed by atoms with Crippen LogP contribution in [-0.2, 0) is 6.42 Å². The highest BCUT2D eigenvalue weighted by molar-refractivity contribution is 7.13. The Morgan fingerprint density at radius 1 is 1.06 bits per heavy atom. The van der Waals surface area contributed by atoms with Crippen LogP contribution in [0.25, 0.3) is 32.9 Å². The molecular weight excluding hydrogens is 430 g/mol. The van der Waals surface area contributed by atoms with Gasteiger partial charge in [-0.25, -0.2) is 4.98 Å². The van der Waals surface area contributed by atoms with Crippen molar-refractivity contribution in [3.05, 3.63) is 88.8 Å². The standard InChI is InChI=1S/C27H21N3O2S/c1-17-11-12-22-19(15-17)9-5-13-30(22)27(31)20-16-21(23-10-6-14-33-23)28-26-24(20)25(29-32-26)18-7-3-2-4-8-18/h2-4,6-8,10-12,14-16H,5,9,13H2,1H3. The lowest BCUT2D eigenvalue weighted by atomic mass is 9.97. The van der Waals surface area contributed by atoms with Crippen LogP contribution in [0.3, 0.4) is 0 Å². The van der Waals surface area contributed by atoms with Gasteiger partial charge in [-0.1, -0.05) is 59.3 Å². The van der Waals surface area contributed by atoms with E-state index in [1.165, 1.54) is 11.1 Å². The minimum absolute atomic E-state index is 0.0506. The maximum absolute atomic E-state index is 14.1. The molecule has 0 saturated carbocycles. The van der Waals surface area contributed by atoms with Gasteiger partial charge in [0.25, 0.3) is 11.6 Å². The van der Waals surface area contributed by atoms with E-state index in [0.29, 0.717) is 28.9 Å². The van der Waals surface area contributed by atoms with Crippen LogP contribution in [0.4, 0.5) is 5.69 Å². The smallest absolute Gasteiger partial charge is 0.259 e. The summed E-state index contributed by atoms with van der Waals surface area (Å²) in [5.74, 6) is -0.0506. The average Bonchev–Trinajstić information content (AvgIpc) is 3.53. The van der Waals surface area contributed by atoms with Gasteiger partial charge in [0.2, 0.25) is 0 Å². The third-order valence-electron chi connectivity index (χ3n) is 6.10. The summed E-state index contributed by atoms with van der Waals surface area (Å²) >= 11 is 1.58. The molecule has 6 heteroatoms. The van der Waals surface area contributed by atoms with Gasteiger partial charge in [-0.3, -0.25) is 4.79 Å². The Morgan fingerprint density at radius 2 is 1.94 bits per heavy atom. The van der Waals surface area contributed by atoms with E-state index in [1.54, 1.807) is 11.3 Å². The van der Waals surface area contributed by atoms with Gasteiger partial charge in [-0.05, 0) is 48.9 Å². The molecule has 0 bridgehead atoms. The van der Waals surface area contributed by atoms with Crippen LogP contribution in [0.1, 0.15) is 27.9 Å². The highest BCUT2D eigenvalue weighted by Crippen LogP contribution is 2.36. The van der Waals surface area contributed by atoms with Gasteiger partial charge < -0.3 is 9.42 Å². The second-order valence-electron chi connectivity index (χ2n) is 8.30. The van der Waals surface area contributed by atoms with E-state index in [0.717, 1.165) is 34.7 Å². The van der Waals surface area contributed by atoms with Crippen LogP contribution >= 0.6 is 11.3 Å². The van der Waals surface area contributed by atoms with Gasteiger partial charge in [-0.2, -0.15) is 0 Å². The number of anilines is 1. The third kappa shape index (κ3) is 3.43. The zero-order valence-corrected chi connectivity index (χ0v) is 18.9. The van der Waals surface area contributed by atoms with Crippen LogP contribution in [0.15, 0.2) is 76.6 Å². The van der Waals surface area contributed by atoms with Crippen molar-refractivity contribution in [2.45, 2.75) is 19.8 Å². The first-order valence-corrected chi connectivity index (χ1v) is 11.9. The van der Waals surface area contributed by atoms with Crippen molar-refractivity contribution in [1.29, 1.82) is 0 Å². The molecule has 162 valence electrons. The number of fused-ring (bicyclic) bond motifs is 2. The van der Waals surface area contributed by atoms with Crippen molar-refractivity contribution in [1.82, 2.24) is 10.1 Å². The summed E-state index contributed by atoms with van der Waals surface area (Å²) in [6.45, 7) is 2.77. The maximum Gasteiger partial charge on any atom is 0.259 e. The molecule has 33 heavy (non-hydrogen) atoms. The summed E-state index contributed by atoms with van der Waals surface area (Å²) in [5, 5.41) is 6.99. The molecule has 0 unspecified atom stereocenters. The van der Waals surface area contributed by atoms with E-state index in [-0.39, 0.29) is 5.91 Å². The van der Waals surface area contributed by atoms with Crippen molar-refractivity contribution < 1.29 is 9.32 Å². The Balaban J connectivity index is 1.56. The molecule has 0 aliphatic carbocycles. The van der Waals surface area contributed by atoms with E-state index >= 15 is 0 Å². The lowest BCUT2D eigenvalue weighted by Crippen LogP contribution is -2.35. The van der Waals surface area contributed by atoms with Gasteiger partial charge in [-0.15, -0.1) is 11.3 Å². The van der Waals surface area contributed by atoms with Crippen molar-refractivity contribution in [3.63, 3.8) is 0 Å². The SMILES string of the molecule is Cc1ccc2c(c1)CCCN2C(=O)c1cc(-c2cccs2)nc2onc(-c3ccccc3)c12. The summed E-state index contributed by atoms with van der Waals surface area (Å²) in [4.78, 5) is 21.7. The van der Waals surface area contributed by atoms with Crippen molar-refractivity contribution in [3.8, 4) is 21.8 Å². The topological polar surface area (TPSA) is 59.2 Å². The number of pyridine rings is 1. The zero-order chi connectivity index (χ0) is 22.4. The van der Waals surface area contributed by atoms with E-state index in [1.807, 2.05) is 58.8 Å². The van der Waals surface area contributed by atoms with Crippen LogP contribution in [0.2, 0.25) is 0 Å². The molecular formula is C27H21N3O2S. The Labute approximate surface area is 195 Å². The van der Waals surface area contributed by atoms with Crippen LogP contribution in [-0.4, -0.2) is 22.6 Å². The number of hydrogen-bond acceptors (Lipinski definition) is 5. The van der Waals surface area contributed by atoms with Crippen LogP contribution in [0, 0.1) is 6.92 Å². The predicted octanol–water partition coefficient (Wildman–Crippen LogP) is 6.52. The summed E-state index contributed by atoms with van der Waals surface area (Å²) in [6.07, 6.45) is 1.92. The first kappa shape index (κ1) is 19.9. The molecule has 5 aromatic rings. The second-order valence-corrected chi connectivity index (χ2v) is 9.25. The highest BCUT2D eigenvalue weighted by Gasteiger charge is 2.28. The lowest BCUT2D eigenvalue weighted by Gasteiger charge is -2.30. The van der Waals surface area contributed by atoms with Crippen molar-refractivity contribution in [2.24, 2.45) is 0 Å². The number of carbonyl (C=O) groups is 1. The molecule has 0 saturated heterocycles. The second kappa shape index (κ2) is 7.98. The number of amides is 1. The number of thiophene rings is 1. The molecule has 0 spiro atoms. The summed E-state index contributed by atoms with van der Waals surface area (Å²) < 4.78 is 5.68. The Morgan fingerprint density at radius 3 is 2.76 bits per heavy atom. The average molecular weight is 452 g/mol. The third-order valence-corrected chi connectivity index (χ3v) is 6.99. The maximum atomic E-state index is 14.1. The number of aryl methyl sites for hydroxylation is 2. The Hall–Kier alpha value is -3.77. The number of hydrogen-bond donors (Lipinski definition) is 0. The summed E-state index contributed by atoms with van der Waals surface area (Å²) in [5.41, 5.74) is 6.61. The van der Waals surface area contributed by atoms with E-state index in [9.17, 15) is 4.79 Å². The molecule has 1 aliphatic heterocycles. The molecule has 1 amide bonds. The number of benzene rings is 2. The van der Waals surface area contributed by atoms with E-state index in [4.69, 9.17) is 9.51 Å². The molecule has 6 rings (SSSR count). The van der Waals surface area contributed by atoms with Crippen molar-refractivity contribution >= 4 is 34.0 Å². The molecule has 2 aromatic carbocycles. The minimum atomic E-state index is -0.0506. The highest BCUT2D eigenvalue weighted by atomic mass is 32.1. The normalized spacial score (nSPS) is 13.3. The largest absolute Gasteiger partial charge is 0.335 e. The Kier molecular flexibility index (Phi) is 4.80. The van der Waals surface area contributed by atoms with Gasteiger partial charge in [0, 0.05) is 17.8 Å². The van der Waals surface area contributed by atoms with E-state index in [2.05, 4.69) is 30.3 Å². The van der Waals surface area contributed by atoms with Gasteiger partial charge in [0.15, 0.2) is 0 Å². The quantitative estimate of drug-likeness (QED) is 0.313. The lowest BCUT2D eigenvalue weighted by molar-refractivity contribution is 0.0986. The molecule has 0 fully saturated rings. The predicted molar refractivity (Wildman–Crippen MR) is 132 cm³/mol. The van der Waals surface area contributed by atoms with Crippen molar-refractivity contribution in [2.75, 3.05) is 11.4 Å². The first-order valence-electron chi connectivity index (χ1n) is 11.0. The molecule has 3 aromatic heterocycles. The Bertz CT molecular complexity index is 1470. The zero-order valence-electron chi connectivity index (χ0n) is 18.1. The number of nitrogens with zero attached hydrogens (tertiary/aromatic N) is 3. The summed E-state index contributed by atoms with van der Waals surface area (Å²) in [7, 11) is 0. The number of aromatic nitrogens is 2. The van der Waals surface area contributed by atoms with Gasteiger partial charge in [0.1, 0.15) is 5.69 Å². The van der Waals surface area contributed by atoms with E-state index < -0.39 is 0 Å². The number of carbonyl (C=O) groups excluding carboxylic acids is 1. The monoisotopic (exact) mass is 451 g/mol. The van der Waals surface area contributed by atoms with Crippen LogP contribution < -0.4 is 4.90 Å². The molecule has 4 heterocycles. The fourth-order valence-electron chi connectivity index (χ4n) is 4.55. The fourth-order valence-corrected chi connectivity index (χ4v) is 5.23. The molecule has 5 nitrogen and oxygen atoms in total. The number of rotatable bonds is 3. The van der Waals surface area contributed by atoms with Gasteiger partial charge >= 0.3 is 0 Å². The molecule has 1 aliphatic rings. The molecule has 0 atom stereocenters. The molecule has 0 radical (unpaired) electrons.